The van der Waals surface area contributed by atoms with E-state index >= 15 is 0 Å². The third kappa shape index (κ3) is 5.88. The van der Waals surface area contributed by atoms with Gasteiger partial charge in [-0.3, -0.25) is 0 Å². The molecule has 2 fully saturated rings. The van der Waals surface area contributed by atoms with E-state index in [0.717, 1.165) is 19.1 Å². The summed E-state index contributed by atoms with van der Waals surface area (Å²) in [6, 6.07) is 0. The third-order valence-electron chi connectivity index (χ3n) is 5.58. The minimum absolute atomic E-state index is 0.519. The molecular formula is C18H36N2O. The van der Waals surface area contributed by atoms with Crippen LogP contribution in [0.4, 0.5) is 0 Å². The van der Waals surface area contributed by atoms with Gasteiger partial charge < -0.3 is 15.0 Å². The topological polar surface area (TPSA) is 24.5 Å². The van der Waals surface area contributed by atoms with Gasteiger partial charge in [0.2, 0.25) is 0 Å². The molecule has 0 radical (unpaired) electrons. The minimum Gasteiger partial charge on any atom is -0.383 e. The van der Waals surface area contributed by atoms with Crippen LogP contribution in [0.5, 0.6) is 0 Å². The molecule has 0 atom stereocenters. The summed E-state index contributed by atoms with van der Waals surface area (Å²) in [4.78, 5) is 2.75. The Morgan fingerprint density at radius 2 is 1.76 bits per heavy atom. The number of ether oxygens (including phenoxy) is 1. The molecule has 3 nitrogen and oxygen atoms in total. The van der Waals surface area contributed by atoms with E-state index in [0.29, 0.717) is 5.41 Å². The number of piperidine rings is 1. The van der Waals surface area contributed by atoms with Crippen LogP contribution >= 0.6 is 0 Å². The third-order valence-corrected chi connectivity index (χ3v) is 5.58. The van der Waals surface area contributed by atoms with Crippen molar-refractivity contribution in [2.75, 3.05) is 46.4 Å². The lowest BCUT2D eigenvalue weighted by Gasteiger charge is -2.41. The van der Waals surface area contributed by atoms with Crippen molar-refractivity contribution in [3.8, 4) is 0 Å². The van der Waals surface area contributed by atoms with Crippen LogP contribution in [-0.4, -0.2) is 51.3 Å². The van der Waals surface area contributed by atoms with Crippen molar-refractivity contribution in [2.24, 2.45) is 11.3 Å². The molecule has 21 heavy (non-hydrogen) atoms. The largest absolute Gasteiger partial charge is 0.383 e. The summed E-state index contributed by atoms with van der Waals surface area (Å²) in [6.07, 6.45) is 11.4. The Labute approximate surface area is 131 Å². The second kappa shape index (κ2) is 9.12. The second-order valence-electron chi connectivity index (χ2n) is 7.54. The summed E-state index contributed by atoms with van der Waals surface area (Å²) in [5.74, 6) is 0.936. The van der Waals surface area contributed by atoms with Crippen LogP contribution in [0.3, 0.4) is 0 Å². The average Bonchev–Trinajstić information content (AvgIpc) is 2.72. The smallest absolute Gasteiger partial charge is 0.0587 e. The van der Waals surface area contributed by atoms with Gasteiger partial charge in [-0.2, -0.15) is 0 Å². The minimum atomic E-state index is 0.519. The molecule has 1 aliphatic heterocycles. The van der Waals surface area contributed by atoms with Crippen molar-refractivity contribution in [1.29, 1.82) is 0 Å². The van der Waals surface area contributed by atoms with Crippen molar-refractivity contribution < 1.29 is 4.74 Å². The van der Waals surface area contributed by atoms with Gasteiger partial charge in [0, 0.05) is 26.7 Å². The number of hydrogen-bond acceptors (Lipinski definition) is 3. The lowest BCUT2D eigenvalue weighted by atomic mass is 9.79. The van der Waals surface area contributed by atoms with Gasteiger partial charge >= 0.3 is 0 Å². The average molecular weight is 296 g/mol. The molecule has 0 unspecified atom stereocenters. The molecule has 0 amide bonds. The van der Waals surface area contributed by atoms with E-state index in [9.17, 15) is 0 Å². The molecule has 1 saturated heterocycles. The summed E-state index contributed by atoms with van der Waals surface area (Å²) in [5, 5.41) is 3.67. The van der Waals surface area contributed by atoms with Crippen LogP contribution in [0, 0.1) is 11.3 Å². The summed E-state index contributed by atoms with van der Waals surface area (Å²) in [6.45, 7) is 9.38. The molecule has 0 aromatic carbocycles. The molecule has 1 aliphatic carbocycles. The molecule has 1 saturated carbocycles. The highest BCUT2D eigenvalue weighted by molar-refractivity contribution is 4.88. The molecular weight excluding hydrogens is 260 g/mol. The Morgan fingerprint density at radius 3 is 2.38 bits per heavy atom. The zero-order valence-electron chi connectivity index (χ0n) is 14.3. The van der Waals surface area contributed by atoms with E-state index in [4.69, 9.17) is 4.74 Å². The highest BCUT2D eigenvalue weighted by Crippen LogP contribution is 2.36. The molecule has 1 N–H and O–H groups in total. The Hall–Kier alpha value is -0.120. The molecule has 2 rings (SSSR count). The molecule has 124 valence electrons. The summed E-state index contributed by atoms with van der Waals surface area (Å²) < 4.78 is 5.18. The Kier molecular flexibility index (Phi) is 7.48. The number of methoxy groups -OCH3 is 1. The molecule has 2 aliphatic rings. The quantitative estimate of drug-likeness (QED) is 0.576. The van der Waals surface area contributed by atoms with Crippen molar-refractivity contribution in [2.45, 2.75) is 58.3 Å². The van der Waals surface area contributed by atoms with Crippen molar-refractivity contribution in [1.82, 2.24) is 10.2 Å². The maximum Gasteiger partial charge on any atom is 0.0587 e. The maximum absolute atomic E-state index is 5.18. The first-order valence-corrected chi connectivity index (χ1v) is 9.16. The van der Waals surface area contributed by atoms with Gasteiger partial charge in [-0.1, -0.05) is 32.6 Å². The summed E-state index contributed by atoms with van der Waals surface area (Å²) in [5.41, 5.74) is 0.519. The van der Waals surface area contributed by atoms with Crippen molar-refractivity contribution in [3.05, 3.63) is 0 Å². The monoisotopic (exact) mass is 296 g/mol. The fraction of sp³-hybridized carbons (Fsp3) is 1.00. The predicted molar refractivity (Wildman–Crippen MR) is 89.7 cm³/mol. The number of hydrogen-bond donors (Lipinski definition) is 1. The van der Waals surface area contributed by atoms with E-state index in [2.05, 4.69) is 17.1 Å². The van der Waals surface area contributed by atoms with Crippen LogP contribution in [0.25, 0.3) is 0 Å². The van der Waals surface area contributed by atoms with E-state index in [-0.39, 0.29) is 0 Å². The Bertz CT molecular complexity index is 266. The first-order chi connectivity index (χ1) is 10.2. The number of nitrogens with one attached hydrogen (secondary N) is 1. The molecule has 0 aromatic rings. The molecule has 0 aromatic heterocycles. The van der Waals surface area contributed by atoms with E-state index in [1.807, 2.05) is 0 Å². The molecule has 0 bridgehead atoms. The standard InChI is InChI=1S/C18H36N2O/c1-17-7-12-20(13-8-17)16-18(15-19-11-14-21-2)9-5-3-4-6-10-18/h17,19H,3-16H2,1-2H3. The normalized spacial score (nSPS) is 24.9. The van der Waals surface area contributed by atoms with Gasteiger partial charge in [0.25, 0.3) is 0 Å². The van der Waals surface area contributed by atoms with Crippen LogP contribution in [0.1, 0.15) is 58.3 Å². The van der Waals surface area contributed by atoms with Gasteiger partial charge in [-0.25, -0.2) is 0 Å². The first-order valence-electron chi connectivity index (χ1n) is 9.16. The lowest BCUT2D eigenvalue weighted by Crippen LogP contribution is -2.46. The zero-order chi connectivity index (χ0) is 15.0. The SMILES string of the molecule is COCCNCC1(CN2CCC(C)CC2)CCCCCC1. The van der Waals surface area contributed by atoms with Gasteiger partial charge in [0.1, 0.15) is 0 Å². The molecule has 1 heterocycles. The lowest BCUT2D eigenvalue weighted by molar-refractivity contribution is 0.0954. The van der Waals surface area contributed by atoms with E-state index in [1.54, 1.807) is 7.11 Å². The van der Waals surface area contributed by atoms with Crippen LogP contribution < -0.4 is 5.32 Å². The Balaban J connectivity index is 1.87. The maximum atomic E-state index is 5.18. The molecule has 0 spiro atoms. The van der Waals surface area contributed by atoms with E-state index < -0.39 is 0 Å². The zero-order valence-corrected chi connectivity index (χ0v) is 14.3. The fourth-order valence-electron chi connectivity index (χ4n) is 4.09. The highest BCUT2D eigenvalue weighted by Gasteiger charge is 2.33. The van der Waals surface area contributed by atoms with Crippen LogP contribution in [-0.2, 0) is 4.74 Å². The van der Waals surface area contributed by atoms with Crippen LogP contribution in [0.15, 0.2) is 0 Å². The van der Waals surface area contributed by atoms with Crippen molar-refractivity contribution >= 4 is 0 Å². The van der Waals surface area contributed by atoms with Crippen molar-refractivity contribution in [3.63, 3.8) is 0 Å². The number of nitrogens with zero attached hydrogens (tertiary/aromatic N) is 1. The highest BCUT2D eigenvalue weighted by atomic mass is 16.5. The number of rotatable bonds is 7. The van der Waals surface area contributed by atoms with E-state index in [1.165, 1.54) is 77.5 Å². The van der Waals surface area contributed by atoms with Crippen LogP contribution in [0.2, 0.25) is 0 Å². The van der Waals surface area contributed by atoms with Gasteiger partial charge in [0.05, 0.1) is 6.61 Å². The van der Waals surface area contributed by atoms with Gasteiger partial charge in [-0.05, 0) is 50.1 Å². The first kappa shape index (κ1) is 17.2. The Morgan fingerprint density at radius 1 is 1.10 bits per heavy atom. The van der Waals surface area contributed by atoms with Gasteiger partial charge in [-0.15, -0.1) is 0 Å². The number of likely N-dealkylation sites (tertiary alicyclic amines) is 1. The predicted octanol–water partition coefficient (Wildman–Crippen LogP) is 3.29. The molecule has 3 heteroatoms. The summed E-state index contributed by atoms with van der Waals surface area (Å²) >= 11 is 0. The summed E-state index contributed by atoms with van der Waals surface area (Å²) in [7, 11) is 1.79. The second-order valence-corrected chi connectivity index (χ2v) is 7.54. The van der Waals surface area contributed by atoms with Gasteiger partial charge in [0.15, 0.2) is 0 Å². The fourth-order valence-corrected chi connectivity index (χ4v) is 4.09.